The van der Waals surface area contributed by atoms with Crippen molar-refractivity contribution < 1.29 is 46.1 Å². The molecule has 0 saturated heterocycles. The number of benzene rings is 2. The standard InChI is InChI=1S/C21H17F5N2O5/c1-32-20(31)14-10-28(6-7-29)19(30)17(14)27-12-2-4-13(5-3-12)33-18-15(22)8-11(9-16(18)23)21(24,25)26/h2-5,8-9,27,29H,6-7,10H2,1H3. The number of rotatable bonds is 7. The van der Waals surface area contributed by atoms with Crippen molar-refractivity contribution in [3.63, 3.8) is 0 Å². The molecular weight excluding hydrogens is 455 g/mol. The predicted molar refractivity (Wildman–Crippen MR) is 104 cm³/mol. The van der Waals surface area contributed by atoms with Gasteiger partial charge in [-0.2, -0.15) is 13.2 Å². The third-order valence-corrected chi connectivity index (χ3v) is 4.62. The van der Waals surface area contributed by atoms with Gasteiger partial charge < -0.3 is 24.8 Å². The summed E-state index contributed by atoms with van der Waals surface area (Å²) in [6.45, 7) is -0.375. The summed E-state index contributed by atoms with van der Waals surface area (Å²) < 4.78 is 75.7. The highest BCUT2D eigenvalue weighted by atomic mass is 19.4. The summed E-state index contributed by atoms with van der Waals surface area (Å²) in [4.78, 5) is 25.7. The van der Waals surface area contributed by atoms with Crippen LogP contribution in [0.2, 0.25) is 0 Å². The lowest BCUT2D eigenvalue weighted by Crippen LogP contribution is -2.31. The molecule has 7 nitrogen and oxygen atoms in total. The van der Waals surface area contributed by atoms with E-state index in [2.05, 4.69) is 10.1 Å². The first kappa shape index (κ1) is 24.0. The van der Waals surface area contributed by atoms with Crippen LogP contribution in [0.4, 0.5) is 27.6 Å². The summed E-state index contributed by atoms with van der Waals surface area (Å²) in [5.74, 6) is -5.45. The highest BCUT2D eigenvalue weighted by molar-refractivity contribution is 6.08. The van der Waals surface area contributed by atoms with Gasteiger partial charge in [0.2, 0.25) is 0 Å². The number of esters is 1. The third-order valence-electron chi connectivity index (χ3n) is 4.62. The molecule has 33 heavy (non-hydrogen) atoms. The molecule has 0 saturated carbocycles. The summed E-state index contributed by atoms with van der Waals surface area (Å²) in [6, 6.07) is 5.47. The number of nitrogens with zero attached hydrogens (tertiary/aromatic N) is 1. The van der Waals surface area contributed by atoms with Gasteiger partial charge in [-0.3, -0.25) is 4.79 Å². The fourth-order valence-electron chi connectivity index (χ4n) is 3.04. The van der Waals surface area contributed by atoms with Crippen LogP contribution in [0.15, 0.2) is 47.7 Å². The number of alkyl halides is 3. The third kappa shape index (κ3) is 5.22. The maximum atomic E-state index is 14.0. The molecule has 1 aliphatic rings. The van der Waals surface area contributed by atoms with Crippen LogP contribution in [-0.2, 0) is 20.5 Å². The molecule has 3 rings (SSSR count). The summed E-state index contributed by atoms with van der Waals surface area (Å²) in [5, 5.41) is 11.8. The Morgan fingerprint density at radius 2 is 1.76 bits per heavy atom. The second kappa shape index (κ2) is 9.45. The van der Waals surface area contributed by atoms with E-state index in [1.165, 1.54) is 29.2 Å². The maximum absolute atomic E-state index is 14.0. The molecule has 0 bridgehead atoms. The van der Waals surface area contributed by atoms with E-state index in [1.807, 2.05) is 0 Å². The predicted octanol–water partition coefficient (Wildman–Crippen LogP) is 3.45. The Labute approximate surface area is 184 Å². The zero-order valence-electron chi connectivity index (χ0n) is 17.0. The number of aliphatic hydroxyl groups excluding tert-OH is 1. The SMILES string of the molecule is COC(=O)C1=C(Nc2ccc(Oc3c(F)cc(C(F)(F)F)cc3F)cc2)C(=O)N(CCO)C1. The van der Waals surface area contributed by atoms with Crippen LogP contribution in [-0.4, -0.2) is 48.7 Å². The van der Waals surface area contributed by atoms with Crippen LogP contribution < -0.4 is 10.1 Å². The van der Waals surface area contributed by atoms with E-state index in [0.717, 1.165) is 7.11 Å². The first-order valence-electron chi connectivity index (χ1n) is 9.38. The summed E-state index contributed by atoms with van der Waals surface area (Å²) in [5.41, 5.74) is -1.21. The number of hydrogen-bond donors (Lipinski definition) is 2. The topological polar surface area (TPSA) is 88.1 Å². The van der Waals surface area contributed by atoms with Gasteiger partial charge in [0, 0.05) is 12.2 Å². The highest BCUT2D eigenvalue weighted by Gasteiger charge is 2.35. The molecule has 0 fully saturated rings. The quantitative estimate of drug-likeness (QED) is 0.474. The summed E-state index contributed by atoms with van der Waals surface area (Å²) in [7, 11) is 1.15. The van der Waals surface area contributed by atoms with Crippen LogP contribution in [0.25, 0.3) is 0 Å². The van der Waals surface area contributed by atoms with E-state index in [1.54, 1.807) is 0 Å². The average molecular weight is 472 g/mol. The van der Waals surface area contributed by atoms with Crippen LogP contribution in [0.3, 0.4) is 0 Å². The van der Waals surface area contributed by atoms with Gasteiger partial charge in [-0.1, -0.05) is 0 Å². The van der Waals surface area contributed by atoms with E-state index in [-0.39, 0.29) is 48.8 Å². The number of anilines is 1. The van der Waals surface area contributed by atoms with E-state index in [4.69, 9.17) is 9.84 Å². The van der Waals surface area contributed by atoms with Gasteiger partial charge in [0.15, 0.2) is 17.4 Å². The molecule has 1 heterocycles. The zero-order valence-corrected chi connectivity index (χ0v) is 17.0. The Hall–Kier alpha value is -3.67. The molecule has 176 valence electrons. The van der Waals surface area contributed by atoms with Crippen LogP contribution in [0, 0.1) is 11.6 Å². The molecule has 0 spiro atoms. The molecule has 0 aromatic heterocycles. The number of ether oxygens (including phenoxy) is 2. The molecule has 0 atom stereocenters. The molecular formula is C21H17F5N2O5. The van der Waals surface area contributed by atoms with Crippen LogP contribution in [0.5, 0.6) is 11.5 Å². The van der Waals surface area contributed by atoms with Crippen molar-refractivity contribution in [3.8, 4) is 11.5 Å². The van der Waals surface area contributed by atoms with Crippen molar-refractivity contribution in [3.05, 3.63) is 64.9 Å². The minimum atomic E-state index is -4.92. The van der Waals surface area contributed by atoms with Gasteiger partial charge in [-0.05, 0) is 36.4 Å². The molecule has 0 radical (unpaired) electrons. The minimum Gasteiger partial charge on any atom is -0.466 e. The first-order valence-corrected chi connectivity index (χ1v) is 9.38. The van der Waals surface area contributed by atoms with Crippen molar-refractivity contribution in [1.29, 1.82) is 0 Å². The molecule has 1 aliphatic heterocycles. The number of β-amino-alcohol motifs (C(OH)–C–C–N with tert-alkyl or cyclic N) is 1. The van der Waals surface area contributed by atoms with Crippen molar-refractivity contribution in [2.75, 3.05) is 32.1 Å². The summed E-state index contributed by atoms with van der Waals surface area (Å²) >= 11 is 0. The number of carbonyl (C=O) groups excluding carboxylic acids is 2. The van der Waals surface area contributed by atoms with E-state index in [0.29, 0.717) is 5.69 Å². The van der Waals surface area contributed by atoms with Crippen LogP contribution in [0.1, 0.15) is 5.56 Å². The lowest BCUT2D eigenvalue weighted by atomic mass is 10.2. The Bertz CT molecular complexity index is 1080. The van der Waals surface area contributed by atoms with E-state index >= 15 is 0 Å². The number of halogens is 5. The van der Waals surface area contributed by atoms with Crippen molar-refractivity contribution in [2.45, 2.75) is 6.18 Å². The average Bonchev–Trinajstić information content (AvgIpc) is 3.06. The minimum absolute atomic E-state index is 0.00153. The smallest absolute Gasteiger partial charge is 0.416 e. The van der Waals surface area contributed by atoms with E-state index in [9.17, 15) is 31.5 Å². The number of aliphatic hydroxyl groups is 1. The van der Waals surface area contributed by atoms with Gasteiger partial charge in [-0.15, -0.1) is 0 Å². The van der Waals surface area contributed by atoms with Crippen LogP contribution >= 0.6 is 0 Å². The largest absolute Gasteiger partial charge is 0.466 e. The number of methoxy groups -OCH3 is 1. The Kier molecular flexibility index (Phi) is 6.86. The first-order chi connectivity index (χ1) is 15.5. The second-order valence-corrected chi connectivity index (χ2v) is 6.81. The number of carbonyl (C=O) groups is 2. The van der Waals surface area contributed by atoms with Gasteiger partial charge in [0.05, 0.1) is 31.4 Å². The van der Waals surface area contributed by atoms with Crippen molar-refractivity contribution in [1.82, 2.24) is 4.90 Å². The normalized spacial score (nSPS) is 14.0. The monoisotopic (exact) mass is 472 g/mol. The molecule has 0 aliphatic carbocycles. The van der Waals surface area contributed by atoms with E-state index < -0.39 is 41.0 Å². The number of amides is 1. The molecule has 2 aromatic rings. The maximum Gasteiger partial charge on any atom is 0.416 e. The molecule has 2 aromatic carbocycles. The lowest BCUT2D eigenvalue weighted by Gasteiger charge is -2.15. The van der Waals surface area contributed by atoms with Gasteiger partial charge in [-0.25, -0.2) is 13.6 Å². The zero-order chi connectivity index (χ0) is 24.3. The van der Waals surface area contributed by atoms with Crippen molar-refractivity contribution in [2.24, 2.45) is 0 Å². The van der Waals surface area contributed by atoms with Gasteiger partial charge >= 0.3 is 12.1 Å². The Morgan fingerprint density at radius 1 is 1.15 bits per heavy atom. The Morgan fingerprint density at radius 3 is 2.27 bits per heavy atom. The molecule has 12 heteroatoms. The molecule has 0 unspecified atom stereocenters. The number of nitrogens with one attached hydrogen (secondary N) is 1. The summed E-state index contributed by atoms with van der Waals surface area (Å²) in [6.07, 6.45) is -4.92. The lowest BCUT2D eigenvalue weighted by molar-refractivity contribution is -0.138. The van der Waals surface area contributed by atoms with Crippen molar-refractivity contribution >= 4 is 17.6 Å². The Balaban J connectivity index is 1.79. The number of hydrogen-bond acceptors (Lipinski definition) is 6. The fraction of sp³-hybridized carbons (Fsp3) is 0.238. The van der Waals surface area contributed by atoms with Gasteiger partial charge in [0.1, 0.15) is 11.4 Å². The fourth-order valence-corrected chi connectivity index (χ4v) is 3.04. The second-order valence-electron chi connectivity index (χ2n) is 6.81. The highest BCUT2D eigenvalue weighted by Crippen LogP contribution is 2.35. The van der Waals surface area contributed by atoms with Gasteiger partial charge in [0.25, 0.3) is 5.91 Å². The molecule has 2 N–H and O–H groups in total. The molecule has 1 amide bonds.